The molecule has 21 heavy (non-hydrogen) atoms. The van der Waals surface area contributed by atoms with E-state index in [-0.39, 0.29) is 0 Å². The molecule has 2 aliphatic rings. The normalized spacial score (nSPS) is 27.8. The Bertz CT molecular complexity index is 406. The summed E-state index contributed by atoms with van der Waals surface area (Å²) in [5.74, 6) is 2.82. The fourth-order valence-corrected chi connectivity index (χ4v) is 3.72. The van der Waals surface area contributed by atoms with Gasteiger partial charge in [0.05, 0.1) is 0 Å². The molecule has 0 unspecified atom stereocenters. The molecule has 1 saturated heterocycles. The quantitative estimate of drug-likeness (QED) is 0.920. The number of hydrogen-bond donors (Lipinski definition) is 1. The second kappa shape index (κ2) is 7.23. The van der Waals surface area contributed by atoms with Crippen LogP contribution in [0, 0.1) is 11.8 Å². The van der Waals surface area contributed by atoms with Gasteiger partial charge in [-0.25, -0.2) is 4.98 Å². The van der Waals surface area contributed by atoms with Crippen molar-refractivity contribution in [2.75, 3.05) is 44.2 Å². The van der Waals surface area contributed by atoms with Gasteiger partial charge in [-0.2, -0.15) is 0 Å². The third-order valence-corrected chi connectivity index (χ3v) is 5.16. The molecule has 116 valence electrons. The van der Waals surface area contributed by atoms with Gasteiger partial charge >= 0.3 is 0 Å². The number of aromatic nitrogens is 1. The third-order valence-electron chi connectivity index (χ3n) is 5.16. The molecule has 0 amide bonds. The van der Waals surface area contributed by atoms with Gasteiger partial charge in [-0.3, -0.25) is 4.90 Å². The van der Waals surface area contributed by atoms with Crippen LogP contribution >= 0.6 is 0 Å². The van der Waals surface area contributed by atoms with Crippen LogP contribution < -0.4 is 10.6 Å². The van der Waals surface area contributed by atoms with Gasteiger partial charge in [-0.05, 0) is 56.2 Å². The van der Waals surface area contributed by atoms with E-state index < -0.39 is 0 Å². The Labute approximate surface area is 128 Å². The zero-order chi connectivity index (χ0) is 14.5. The molecule has 2 fully saturated rings. The maximum Gasteiger partial charge on any atom is 0.128 e. The molecule has 1 aromatic rings. The van der Waals surface area contributed by atoms with Crippen LogP contribution in [-0.2, 0) is 0 Å². The Morgan fingerprint density at radius 3 is 2.33 bits per heavy atom. The first-order chi connectivity index (χ1) is 10.3. The highest BCUT2D eigenvalue weighted by Crippen LogP contribution is 2.29. The average molecular weight is 288 g/mol. The first-order valence-corrected chi connectivity index (χ1v) is 8.43. The van der Waals surface area contributed by atoms with E-state index in [9.17, 15) is 0 Å². The van der Waals surface area contributed by atoms with Crippen LogP contribution in [-0.4, -0.2) is 49.2 Å². The Hall–Kier alpha value is -1.13. The van der Waals surface area contributed by atoms with E-state index in [0.717, 1.165) is 37.3 Å². The van der Waals surface area contributed by atoms with E-state index in [2.05, 4.69) is 26.9 Å². The second-order valence-electron chi connectivity index (χ2n) is 6.60. The molecule has 1 aromatic heterocycles. The number of anilines is 1. The molecule has 0 atom stereocenters. The van der Waals surface area contributed by atoms with E-state index in [1.165, 1.54) is 45.3 Å². The van der Waals surface area contributed by atoms with Crippen molar-refractivity contribution in [3.8, 4) is 0 Å². The number of pyridine rings is 1. The van der Waals surface area contributed by atoms with Crippen LogP contribution in [0.4, 0.5) is 5.82 Å². The van der Waals surface area contributed by atoms with E-state index in [1.54, 1.807) is 0 Å². The van der Waals surface area contributed by atoms with Crippen molar-refractivity contribution in [3.63, 3.8) is 0 Å². The van der Waals surface area contributed by atoms with Crippen molar-refractivity contribution < 1.29 is 0 Å². The van der Waals surface area contributed by atoms with Crippen molar-refractivity contribution in [2.24, 2.45) is 17.6 Å². The summed E-state index contributed by atoms with van der Waals surface area (Å²) in [6.45, 7) is 6.73. The summed E-state index contributed by atoms with van der Waals surface area (Å²) in [5.41, 5.74) is 5.78. The fourth-order valence-electron chi connectivity index (χ4n) is 3.72. The Morgan fingerprint density at radius 1 is 1.00 bits per heavy atom. The van der Waals surface area contributed by atoms with Crippen molar-refractivity contribution in [3.05, 3.63) is 24.4 Å². The molecule has 3 rings (SSSR count). The zero-order valence-corrected chi connectivity index (χ0v) is 13.0. The van der Waals surface area contributed by atoms with Gasteiger partial charge < -0.3 is 10.6 Å². The predicted octanol–water partition coefficient (Wildman–Crippen LogP) is 1.97. The Kier molecular flexibility index (Phi) is 5.09. The molecule has 1 aliphatic heterocycles. The van der Waals surface area contributed by atoms with E-state index in [4.69, 9.17) is 5.73 Å². The highest BCUT2D eigenvalue weighted by molar-refractivity contribution is 5.38. The lowest BCUT2D eigenvalue weighted by Crippen LogP contribution is -2.48. The number of nitrogens with zero attached hydrogens (tertiary/aromatic N) is 3. The highest BCUT2D eigenvalue weighted by Gasteiger charge is 2.24. The number of rotatable bonds is 4. The molecule has 0 aromatic carbocycles. The molecule has 4 nitrogen and oxygen atoms in total. The number of nitrogens with two attached hydrogens (primary N) is 1. The third kappa shape index (κ3) is 3.95. The number of hydrogen-bond acceptors (Lipinski definition) is 4. The van der Waals surface area contributed by atoms with Crippen molar-refractivity contribution in [1.82, 2.24) is 9.88 Å². The summed E-state index contributed by atoms with van der Waals surface area (Å²) in [6, 6.07) is 6.17. The largest absolute Gasteiger partial charge is 0.354 e. The maximum atomic E-state index is 5.78. The van der Waals surface area contributed by atoms with Crippen LogP contribution in [0.15, 0.2) is 24.4 Å². The monoisotopic (exact) mass is 288 g/mol. The van der Waals surface area contributed by atoms with E-state index >= 15 is 0 Å². The molecule has 1 aliphatic carbocycles. The van der Waals surface area contributed by atoms with Crippen LogP contribution in [0.1, 0.15) is 25.7 Å². The highest BCUT2D eigenvalue weighted by atomic mass is 15.3. The standard InChI is InChI=1S/C17H28N4/c18-13-15-4-6-16(7-5-15)14-20-9-11-21(12-10-20)17-3-1-2-8-19-17/h1-3,8,15-16H,4-7,9-14,18H2. The molecule has 2 heterocycles. The van der Waals surface area contributed by atoms with Gasteiger partial charge in [-0.15, -0.1) is 0 Å². The van der Waals surface area contributed by atoms with Crippen LogP contribution in [0.3, 0.4) is 0 Å². The van der Waals surface area contributed by atoms with Gasteiger partial charge in [-0.1, -0.05) is 6.07 Å². The molecule has 0 spiro atoms. The predicted molar refractivity (Wildman–Crippen MR) is 87.4 cm³/mol. The molecular weight excluding hydrogens is 260 g/mol. The van der Waals surface area contributed by atoms with Gasteiger partial charge in [0.1, 0.15) is 5.82 Å². The lowest BCUT2D eigenvalue weighted by atomic mass is 9.82. The maximum absolute atomic E-state index is 5.78. The molecule has 2 N–H and O–H groups in total. The molecule has 0 bridgehead atoms. The summed E-state index contributed by atoms with van der Waals surface area (Å²) in [4.78, 5) is 9.51. The minimum absolute atomic E-state index is 0.794. The molecule has 4 heteroatoms. The van der Waals surface area contributed by atoms with Crippen LogP contribution in [0.25, 0.3) is 0 Å². The summed E-state index contributed by atoms with van der Waals surface area (Å²) >= 11 is 0. The summed E-state index contributed by atoms with van der Waals surface area (Å²) in [7, 11) is 0. The van der Waals surface area contributed by atoms with Gasteiger partial charge in [0, 0.05) is 38.9 Å². The minimum atomic E-state index is 0.794. The average Bonchev–Trinajstić information content (AvgIpc) is 2.57. The molecule has 0 radical (unpaired) electrons. The summed E-state index contributed by atoms with van der Waals surface area (Å²) < 4.78 is 0. The van der Waals surface area contributed by atoms with Crippen molar-refractivity contribution in [2.45, 2.75) is 25.7 Å². The smallest absolute Gasteiger partial charge is 0.128 e. The van der Waals surface area contributed by atoms with Gasteiger partial charge in [0.25, 0.3) is 0 Å². The van der Waals surface area contributed by atoms with Crippen LogP contribution in [0.5, 0.6) is 0 Å². The lowest BCUT2D eigenvalue weighted by molar-refractivity contribution is 0.175. The SMILES string of the molecule is NCC1CCC(CN2CCN(c3ccccn3)CC2)CC1. The minimum Gasteiger partial charge on any atom is -0.354 e. The van der Waals surface area contributed by atoms with Crippen molar-refractivity contribution in [1.29, 1.82) is 0 Å². The zero-order valence-electron chi connectivity index (χ0n) is 13.0. The Balaban J connectivity index is 1.42. The van der Waals surface area contributed by atoms with E-state index in [0.29, 0.717) is 0 Å². The molecular formula is C17H28N4. The first-order valence-electron chi connectivity index (χ1n) is 8.43. The topological polar surface area (TPSA) is 45.4 Å². The lowest BCUT2D eigenvalue weighted by Gasteiger charge is -2.38. The second-order valence-corrected chi connectivity index (χ2v) is 6.60. The fraction of sp³-hybridized carbons (Fsp3) is 0.706. The Morgan fingerprint density at radius 2 is 1.71 bits per heavy atom. The first kappa shape index (κ1) is 14.8. The van der Waals surface area contributed by atoms with E-state index in [1.807, 2.05) is 12.3 Å². The van der Waals surface area contributed by atoms with Gasteiger partial charge in [0.2, 0.25) is 0 Å². The van der Waals surface area contributed by atoms with Crippen LogP contribution in [0.2, 0.25) is 0 Å². The van der Waals surface area contributed by atoms with Crippen molar-refractivity contribution >= 4 is 5.82 Å². The number of piperazine rings is 1. The summed E-state index contributed by atoms with van der Waals surface area (Å²) in [5, 5.41) is 0. The molecule has 1 saturated carbocycles. The van der Waals surface area contributed by atoms with Gasteiger partial charge in [0.15, 0.2) is 0 Å². The summed E-state index contributed by atoms with van der Waals surface area (Å²) in [6.07, 6.45) is 7.33.